The third-order valence-electron chi connectivity index (χ3n) is 1.98. The van der Waals surface area contributed by atoms with Crippen LogP contribution in [0.1, 0.15) is 15.9 Å². The Morgan fingerprint density at radius 2 is 2.00 bits per heavy atom. The number of rotatable bonds is 2. The summed E-state index contributed by atoms with van der Waals surface area (Å²) >= 11 is 0. The summed E-state index contributed by atoms with van der Waals surface area (Å²) in [5, 5.41) is 0. The molecule has 0 spiro atoms. The van der Waals surface area contributed by atoms with Crippen molar-refractivity contribution < 1.29 is 18.7 Å². The Labute approximate surface area is 81.4 Å². The van der Waals surface area contributed by atoms with Gasteiger partial charge in [-0.3, -0.25) is 0 Å². The molecule has 0 saturated carbocycles. The monoisotopic (exact) mass is 198 g/mol. The fourth-order valence-electron chi connectivity index (χ4n) is 1.15. The van der Waals surface area contributed by atoms with Gasteiger partial charge in [0.05, 0.1) is 19.8 Å². The first kappa shape index (κ1) is 10.5. The standard InChI is InChI=1S/C10H11FO3/c1-6-7(10(12)14-3)4-5-8(13-2)9(6)11/h4-5H,1-3H3. The van der Waals surface area contributed by atoms with Crippen molar-refractivity contribution in [2.75, 3.05) is 14.2 Å². The molecule has 0 aliphatic heterocycles. The van der Waals surface area contributed by atoms with E-state index in [9.17, 15) is 9.18 Å². The lowest BCUT2D eigenvalue weighted by Crippen LogP contribution is -2.06. The highest BCUT2D eigenvalue weighted by molar-refractivity contribution is 5.91. The van der Waals surface area contributed by atoms with Crippen LogP contribution in [0.3, 0.4) is 0 Å². The number of hydrogen-bond acceptors (Lipinski definition) is 3. The van der Waals surface area contributed by atoms with E-state index in [-0.39, 0.29) is 16.9 Å². The van der Waals surface area contributed by atoms with E-state index in [1.165, 1.54) is 33.3 Å². The van der Waals surface area contributed by atoms with Crippen LogP contribution in [0, 0.1) is 12.7 Å². The summed E-state index contributed by atoms with van der Waals surface area (Å²) in [6, 6.07) is 2.87. The minimum absolute atomic E-state index is 0.121. The van der Waals surface area contributed by atoms with Crippen LogP contribution < -0.4 is 4.74 Å². The van der Waals surface area contributed by atoms with E-state index < -0.39 is 11.8 Å². The predicted octanol–water partition coefficient (Wildman–Crippen LogP) is 1.93. The van der Waals surface area contributed by atoms with E-state index in [1.54, 1.807) is 0 Å². The van der Waals surface area contributed by atoms with Gasteiger partial charge in [0.25, 0.3) is 0 Å². The molecule has 4 heteroatoms. The highest BCUT2D eigenvalue weighted by atomic mass is 19.1. The van der Waals surface area contributed by atoms with Gasteiger partial charge in [-0.05, 0) is 19.1 Å². The Bertz CT molecular complexity index is 361. The molecule has 1 rings (SSSR count). The van der Waals surface area contributed by atoms with Gasteiger partial charge in [0.1, 0.15) is 0 Å². The zero-order chi connectivity index (χ0) is 10.7. The predicted molar refractivity (Wildman–Crippen MR) is 49.0 cm³/mol. The number of ether oxygens (including phenoxy) is 2. The maximum Gasteiger partial charge on any atom is 0.338 e. The lowest BCUT2D eigenvalue weighted by molar-refractivity contribution is 0.0599. The quantitative estimate of drug-likeness (QED) is 0.681. The van der Waals surface area contributed by atoms with E-state index in [0.29, 0.717) is 0 Å². The number of esters is 1. The molecule has 0 unspecified atom stereocenters. The molecule has 14 heavy (non-hydrogen) atoms. The molecule has 0 aromatic heterocycles. The van der Waals surface area contributed by atoms with Crippen LogP contribution >= 0.6 is 0 Å². The van der Waals surface area contributed by atoms with Crippen LogP contribution in [-0.2, 0) is 4.74 Å². The largest absolute Gasteiger partial charge is 0.494 e. The van der Waals surface area contributed by atoms with Crippen molar-refractivity contribution in [1.29, 1.82) is 0 Å². The van der Waals surface area contributed by atoms with E-state index in [4.69, 9.17) is 4.74 Å². The minimum atomic E-state index is -0.552. The summed E-state index contributed by atoms with van der Waals surface area (Å²) in [7, 11) is 2.62. The van der Waals surface area contributed by atoms with Gasteiger partial charge in [0.15, 0.2) is 11.6 Å². The molecule has 0 heterocycles. The van der Waals surface area contributed by atoms with Crippen LogP contribution in [-0.4, -0.2) is 20.2 Å². The van der Waals surface area contributed by atoms with Gasteiger partial charge >= 0.3 is 5.97 Å². The molecule has 0 aliphatic rings. The molecule has 0 aliphatic carbocycles. The van der Waals surface area contributed by atoms with E-state index in [2.05, 4.69) is 4.74 Å². The molecule has 0 amide bonds. The second-order valence-corrected chi connectivity index (χ2v) is 2.75. The van der Waals surface area contributed by atoms with Gasteiger partial charge in [0.2, 0.25) is 0 Å². The second-order valence-electron chi connectivity index (χ2n) is 2.75. The zero-order valence-electron chi connectivity index (χ0n) is 8.26. The number of methoxy groups -OCH3 is 2. The van der Waals surface area contributed by atoms with Crippen molar-refractivity contribution in [3.05, 3.63) is 29.1 Å². The van der Waals surface area contributed by atoms with Crippen LogP contribution in [0.15, 0.2) is 12.1 Å². The second kappa shape index (κ2) is 4.09. The SMILES string of the molecule is COC(=O)c1ccc(OC)c(F)c1C. The third-order valence-corrected chi connectivity index (χ3v) is 1.98. The summed E-state index contributed by atoms with van der Waals surface area (Å²) in [4.78, 5) is 11.2. The number of hydrogen-bond donors (Lipinski definition) is 0. The Morgan fingerprint density at radius 3 is 2.50 bits per heavy atom. The van der Waals surface area contributed by atoms with E-state index in [0.717, 1.165) is 0 Å². The van der Waals surface area contributed by atoms with Gasteiger partial charge in [-0.2, -0.15) is 0 Å². The first-order chi connectivity index (χ1) is 6.61. The van der Waals surface area contributed by atoms with Gasteiger partial charge in [-0.15, -0.1) is 0 Å². The molecule has 3 nitrogen and oxygen atoms in total. The average molecular weight is 198 g/mol. The molecule has 0 atom stereocenters. The molecule has 0 radical (unpaired) electrons. The fourth-order valence-corrected chi connectivity index (χ4v) is 1.15. The minimum Gasteiger partial charge on any atom is -0.494 e. The Morgan fingerprint density at radius 1 is 1.36 bits per heavy atom. The summed E-state index contributed by atoms with van der Waals surface area (Å²) in [5.74, 6) is -0.963. The van der Waals surface area contributed by atoms with Gasteiger partial charge in [-0.1, -0.05) is 0 Å². The van der Waals surface area contributed by atoms with Gasteiger partial charge in [-0.25, -0.2) is 9.18 Å². The van der Waals surface area contributed by atoms with E-state index >= 15 is 0 Å². The van der Waals surface area contributed by atoms with Crippen molar-refractivity contribution >= 4 is 5.97 Å². The molecule has 0 N–H and O–H groups in total. The van der Waals surface area contributed by atoms with Crippen LogP contribution in [0.25, 0.3) is 0 Å². The summed E-state index contributed by atoms with van der Waals surface area (Å²) in [5.41, 5.74) is 0.446. The highest BCUT2D eigenvalue weighted by Gasteiger charge is 2.15. The van der Waals surface area contributed by atoms with E-state index in [1.807, 2.05) is 0 Å². The topological polar surface area (TPSA) is 35.5 Å². The Kier molecular flexibility index (Phi) is 3.06. The smallest absolute Gasteiger partial charge is 0.338 e. The first-order valence-corrected chi connectivity index (χ1v) is 4.03. The number of carbonyl (C=O) groups excluding carboxylic acids is 1. The van der Waals surface area contributed by atoms with Crippen molar-refractivity contribution in [2.45, 2.75) is 6.92 Å². The number of benzene rings is 1. The zero-order valence-corrected chi connectivity index (χ0v) is 8.26. The van der Waals surface area contributed by atoms with Crippen LogP contribution in [0.2, 0.25) is 0 Å². The van der Waals surface area contributed by atoms with Gasteiger partial charge < -0.3 is 9.47 Å². The molecular formula is C10H11FO3. The molecule has 1 aromatic carbocycles. The Hall–Kier alpha value is -1.58. The maximum atomic E-state index is 13.4. The first-order valence-electron chi connectivity index (χ1n) is 4.03. The Balaban J connectivity index is 3.24. The average Bonchev–Trinajstić information content (AvgIpc) is 2.21. The van der Waals surface area contributed by atoms with Crippen LogP contribution in [0.4, 0.5) is 4.39 Å². The molecule has 0 bridgehead atoms. The number of halogens is 1. The van der Waals surface area contributed by atoms with Crippen LogP contribution in [0.5, 0.6) is 5.75 Å². The molecular weight excluding hydrogens is 187 g/mol. The van der Waals surface area contributed by atoms with Crippen molar-refractivity contribution in [3.8, 4) is 5.75 Å². The molecule has 0 saturated heterocycles. The van der Waals surface area contributed by atoms with Crippen molar-refractivity contribution in [3.63, 3.8) is 0 Å². The maximum absolute atomic E-state index is 13.4. The fraction of sp³-hybridized carbons (Fsp3) is 0.300. The third kappa shape index (κ3) is 1.69. The number of carbonyl (C=O) groups is 1. The van der Waals surface area contributed by atoms with Gasteiger partial charge in [0, 0.05) is 5.56 Å². The molecule has 76 valence electrons. The molecule has 0 fully saturated rings. The molecule has 1 aromatic rings. The lowest BCUT2D eigenvalue weighted by Gasteiger charge is -2.07. The summed E-state index contributed by atoms with van der Waals surface area (Å²) < 4.78 is 22.7. The lowest BCUT2D eigenvalue weighted by atomic mass is 10.1. The summed E-state index contributed by atoms with van der Waals surface area (Å²) in [6.07, 6.45) is 0. The van der Waals surface area contributed by atoms with Crippen molar-refractivity contribution in [2.24, 2.45) is 0 Å². The highest BCUT2D eigenvalue weighted by Crippen LogP contribution is 2.23. The summed E-state index contributed by atoms with van der Waals surface area (Å²) in [6.45, 7) is 1.50. The normalized spacial score (nSPS) is 9.71. The van der Waals surface area contributed by atoms with Crippen molar-refractivity contribution in [1.82, 2.24) is 0 Å².